The number of alkyl halides is 3. The number of hydrogen-bond donors (Lipinski definition) is 1. The Morgan fingerprint density at radius 2 is 1.61 bits per heavy atom. The molecule has 0 atom stereocenters. The molecule has 0 radical (unpaired) electrons. The van der Waals surface area contributed by atoms with Crippen molar-refractivity contribution in [1.82, 2.24) is 9.55 Å². The fraction of sp³-hybridized carbons (Fsp3) is 0.107. The van der Waals surface area contributed by atoms with Gasteiger partial charge in [-0.3, -0.25) is 14.2 Å². The summed E-state index contributed by atoms with van der Waals surface area (Å²) >= 11 is 0. The largest absolute Gasteiger partial charge is 0.416 e. The highest BCUT2D eigenvalue weighted by Gasteiger charge is 2.30. The molecule has 180 valence electrons. The van der Waals surface area contributed by atoms with Crippen molar-refractivity contribution in [3.05, 3.63) is 112 Å². The van der Waals surface area contributed by atoms with Crippen molar-refractivity contribution in [2.75, 3.05) is 6.61 Å². The fourth-order valence-corrected chi connectivity index (χ4v) is 4.16. The first-order valence-corrected chi connectivity index (χ1v) is 11.1. The number of rotatable bonds is 5. The van der Waals surface area contributed by atoms with Gasteiger partial charge in [0.15, 0.2) is 5.78 Å². The summed E-state index contributed by atoms with van der Waals surface area (Å²) in [5.74, 6) is -0.188. The summed E-state index contributed by atoms with van der Waals surface area (Å²) in [7, 11) is 0. The number of ketones is 1. The Labute approximate surface area is 203 Å². The quantitative estimate of drug-likeness (QED) is 0.334. The van der Waals surface area contributed by atoms with Crippen LogP contribution in [0.4, 0.5) is 13.2 Å². The van der Waals surface area contributed by atoms with Gasteiger partial charge in [0.2, 0.25) is 0 Å². The van der Waals surface area contributed by atoms with E-state index < -0.39 is 29.7 Å². The summed E-state index contributed by atoms with van der Waals surface area (Å²) in [5, 5.41) is 11.4. The van der Waals surface area contributed by atoms with Gasteiger partial charge in [-0.05, 0) is 46.7 Å². The molecule has 0 spiro atoms. The lowest BCUT2D eigenvalue weighted by Crippen LogP contribution is -2.24. The van der Waals surface area contributed by atoms with Crippen LogP contribution in [0, 0.1) is 0 Å². The average Bonchev–Trinajstić information content (AvgIpc) is 2.89. The number of aliphatic hydroxyl groups excluding tert-OH is 1. The highest BCUT2D eigenvalue weighted by molar-refractivity contribution is 6.00. The molecule has 5 aromatic rings. The number of Topliss-reactive ketones (excluding diaryl/α,β-unsaturated/α-hetero) is 1. The fourth-order valence-electron chi connectivity index (χ4n) is 4.16. The predicted octanol–water partition coefficient (Wildman–Crippen LogP) is 5.46. The van der Waals surface area contributed by atoms with Crippen molar-refractivity contribution < 1.29 is 23.1 Å². The maximum Gasteiger partial charge on any atom is 0.416 e. The third kappa shape index (κ3) is 4.38. The molecule has 0 unspecified atom stereocenters. The zero-order chi connectivity index (χ0) is 25.4. The number of carbonyl (C=O) groups excluding carboxylic acids is 1. The molecule has 0 saturated heterocycles. The van der Waals surface area contributed by atoms with Gasteiger partial charge >= 0.3 is 6.18 Å². The van der Waals surface area contributed by atoms with Crippen LogP contribution in [0.25, 0.3) is 33.1 Å². The van der Waals surface area contributed by atoms with Crippen molar-refractivity contribution in [2.24, 2.45) is 0 Å². The summed E-state index contributed by atoms with van der Waals surface area (Å²) in [6.07, 6.45) is -4.46. The number of nitrogens with zero attached hydrogens (tertiary/aromatic N) is 2. The van der Waals surface area contributed by atoms with E-state index in [4.69, 9.17) is 4.98 Å². The van der Waals surface area contributed by atoms with Crippen molar-refractivity contribution in [2.45, 2.75) is 12.7 Å². The lowest BCUT2D eigenvalue weighted by atomic mass is 10.0. The number of fused-ring (bicyclic) bond motifs is 2. The van der Waals surface area contributed by atoms with Gasteiger partial charge in [-0.15, -0.1) is 0 Å². The monoisotopic (exact) mass is 488 g/mol. The maximum absolute atomic E-state index is 13.6. The van der Waals surface area contributed by atoms with Crippen LogP contribution in [-0.4, -0.2) is 27.0 Å². The number of benzene rings is 4. The first kappa shape index (κ1) is 23.4. The van der Waals surface area contributed by atoms with Gasteiger partial charge in [0, 0.05) is 11.1 Å². The third-order valence-electron chi connectivity index (χ3n) is 6.05. The van der Waals surface area contributed by atoms with Crippen LogP contribution in [0.2, 0.25) is 0 Å². The zero-order valence-corrected chi connectivity index (χ0v) is 18.8. The van der Waals surface area contributed by atoms with E-state index in [9.17, 15) is 27.9 Å². The predicted molar refractivity (Wildman–Crippen MR) is 131 cm³/mol. The molecular weight excluding hydrogens is 469 g/mol. The van der Waals surface area contributed by atoms with E-state index in [1.807, 2.05) is 42.5 Å². The number of aromatic nitrogens is 2. The first-order valence-electron chi connectivity index (χ1n) is 11.1. The van der Waals surface area contributed by atoms with Crippen LogP contribution in [0.1, 0.15) is 21.5 Å². The lowest BCUT2D eigenvalue weighted by molar-refractivity contribution is -0.137. The molecule has 1 N–H and O–H groups in total. The summed E-state index contributed by atoms with van der Waals surface area (Å²) in [6, 6.07) is 22.3. The van der Waals surface area contributed by atoms with Gasteiger partial charge in [-0.1, -0.05) is 54.6 Å². The Kier molecular flexibility index (Phi) is 5.89. The molecule has 0 fully saturated rings. The average molecular weight is 488 g/mol. The van der Waals surface area contributed by atoms with Crippen molar-refractivity contribution in [3.8, 4) is 11.4 Å². The number of carbonyl (C=O) groups is 1. The second-order valence-electron chi connectivity index (χ2n) is 8.40. The Morgan fingerprint density at radius 1 is 0.889 bits per heavy atom. The van der Waals surface area contributed by atoms with Crippen molar-refractivity contribution in [3.63, 3.8) is 0 Å². The molecule has 0 saturated carbocycles. The smallest absolute Gasteiger partial charge is 0.388 e. The molecule has 5 nitrogen and oxygen atoms in total. The molecule has 0 amide bonds. The highest BCUT2D eigenvalue weighted by atomic mass is 19.4. The molecule has 0 bridgehead atoms. The summed E-state index contributed by atoms with van der Waals surface area (Å²) in [6.45, 7) is -0.673. The standard InChI is InChI=1S/C28H19F3N2O3/c29-28(30,31)22-10-5-17(6-11-22)15-33-26(21-8-7-18-3-1-2-4-19(18)13-21)32-24-14-20(25(35)16-34)9-12-23(24)27(33)36/h1-14,34H,15-16H2. The SMILES string of the molecule is O=C(CO)c1ccc2c(=O)n(Cc3ccc(C(F)(F)F)cc3)c(-c3ccc4ccccc4c3)nc2c1. The van der Waals surface area contributed by atoms with E-state index in [2.05, 4.69) is 0 Å². The van der Waals surface area contributed by atoms with Crippen LogP contribution in [0.5, 0.6) is 0 Å². The van der Waals surface area contributed by atoms with Gasteiger partial charge in [0.05, 0.1) is 23.0 Å². The van der Waals surface area contributed by atoms with E-state index in [-0.39, 0.29) is 23.0 Å². The molecule has 8 heteroatoms. The number of aliphatic hydroxyl groups is 1. The van der Waals surface area contributed by atoms with Crippen molar-refractivity contribution >= 4 is 27.5 Å². The maximum atomic E-state index is 13.6. The molecule has 36 heavy (non-hydrogen) atoms. The summed E-state index contributed by atoms with van der Waals surface area (Å²) in [5.41, 5.74) is 0.476. The van der Waals surface area contributed by atoms with E-state index in [1.54, 1.807) is 0 Å². The molecule has 4 aromatic carbocycles. The molecule has 0 aliphatic carbocycles. The van der Waals surface area contributed by atoms with Gasteiger partial charge < -0.3 is 5.11 Å². The molecular formula is C28H19F3N2O3. The minimum absolute atomic E-state index is 0.000603. The van der Waals surface area contributed by atoms with Crippen LogP contribution < -0.4 is 5.56 Å². The normalized spacial score (nSPS) is 11.8. The van der Waals surface area contributed by atoms with Gasteiger partial charge in [-0.25, -0.2) is 4.98 Å². The number of hydrogen-bond acceptors (Lipinski definition) is 4. The Bertz CT molecular complexity index is 1670. The summed E-state index contributed by atoms with van der Waals surface area (Å²) in [4.78, 5) is 30.3. The number of halogens is 3. The molecule has 1 heterocycles. The zero-order valence-electron chi connectivity index (χ0n) is 18.8. The topological polar surface area (TPSA) is 72.2 Å². The summed E-state index contributed by atoms with van der Waals surface area (Å²) < 4.78 is 40.4. The van der Waals surface area contributed by atoms with E-state index in [0.717, 1.165) is 22.9 Å². The lowest BCUT2D eigenvalue weighted by Gasteiger charge is -2.15. The Morgan fingerprint density at radius 3 is 2.31 bits per heavy atom. The second-order valence-corrected chi connectivity index (χ2v) is 8.40. The molecule has 0 aliphatic rings. The first-order chi connectivity index (χ1) is 17.2. The van der Waals surface area contributed by atoms with Crippen LogP contribution in [-0.2, 0) is 12.7 Å². The van der Waals surface area contributed by atoms with E-state index in [0.29, 0.717) is 17.0 Å². The minimum atomic E-state index is -4.46. The van der Waals surface area contributed by atoms with Gasteiger partial charge in [-0.2, -0.15) is 13.2 Å². The third-order valence-corrected chi connectivity index (χ3v) is 6.05. The second kappa shape index (κ2) is 9.05. The highest BCUT2D eigenvalue weighted by Crippen LogP contribution is 2.30. The minimum Gasteiger partial charge on any atom is -0.388 e. The van der Waals surface area contributed by atoms with Crippen LogP contribution >= 0.6 is 0 Å². The van der Waals surface area contributed by atoms with E-state index >= 15 is 0 Å². The van der Waals surface area contributed by atoms with Crippen LogP contribution in [0.15, 0.2) is 89.7 Å². The van der Waals surface area contributed by atoms with E-state index in [1.165, 1.54) is 34.9 Å². The van der Waals surface area contributed by atoms with Crippen LogP contribution in [0.3, 0.4) is 0 Å². The Balaban J connectivity index is 1.70. The molecule has 1 aromatic heterocycles. The molecule has 0 aliphatic heterocycles. The Hall–Kier alpha value is -4.30. The van der Waals surface area contributed by atoms with Gasteiger partial charge in [0.25, 0.3) is 5.56 Å². The van der Waals surface area contributed by atoms with Gasteiger partial charge in [0.1, 0.15) is 12.4 Å². The van der Waals surface area contributed by atoms with Crippen molar-refractivity contribution in [1.29, 1.82) is 0 Å². The molecule has 5 rings (SSSR count).